The van der Waals surface area contributed by atoms with Crippen molar-refractivity contribution in [2.45, 2.75) is 103 Å². The number of hydrogen-bond donors (Lipinski definition) is 0. The second kappa shape index (κ2) is 17.3. The van der Waals surface area contributed by atoms with Crippen molar-refractivity contribution >= 4 is 49.9 Å². The number of rotatable bonds is 16. The van der Waals surface area contributed by atoms with Crippen LogP contribution in [0.2, 0.25) is 49.1 Å². The van der Waals surface area contributed by atoms with Crippen LogP contribution in [0.25, 0.3) is 33.1 Å². The molecule has 0 radical (unpaired) electrons. The Morgan fingerprint density at radius 2 is 1.76 bits per heavy atom. The van der Waals surface area contributed by atoms with Gasteiger partial charge in [0.25, 0.3) is 0 Å². The SMILES string of the molecule is CC(C)(C)[Si](C)(C)OCCOc1cc(F)cc(COc2nc(Cl)nc3c2c(-c2ccc4ncc(OC5CCCCO5)cc4c2)cn3COCC[Si](C)(C)C)c1. The third-order valence-electron chi connectivity index (χ3n) is 10.2. The molecule has 1 aliphatic heterocycles. The highest BCUT2D eigenvalue weighted by Crippen LogP contribution is 2.39. The number of nitrogens with zero attached hydrogens (tertiary/aromatic N) is 4. The summed E-state index contributed by atoms with van der Waals surface area (Å²) in [6.07, 6.45) is 6.40. The molecule has 14 heteroatoms. The van der Waals surface area contributed by atoms with E-state index in [0.29, 0.717) is 54.5 Å². The van der Waals surface area contributed by atoms with Crippen molar-refractivity contribution in [3.63, 3.8) is 0 Å². The molecule has 1 atom stereocenters. The average Bonchev–Trinajstić information content (AvgIpc) is 3.48. The summed E-state index contributed by atoms with van der Waals surface area (Å²) in [6.45, 7) is 20.3. The zero-order chi connectivity index (χ0) is 39.4. The normalized spacial score (nSPS) is 15.5. The van der Waals surface area contributed by atoms with E-state index in [4.69, 9.17) is 39.7 Å². The second-order valence-electron chi connectivity index (χ2n) is 16.9. The summed E-state index contributed by atoms with van der Waals surface area (Å²) in [4.78, 5) is 13.8. The van der Waals surface area contributed by atoms with Crippen LogP contribution < -0.4 is 14.2 Å². The third-order valence-corrected chi connectivity index (χ3v) is 16.6. The molecule has 0 bridgehead atoms. The van der Waals surface area contributed by atoms with Gasteiger partial charge in [-0.3, -0.25) is 4.98 Å². The van der Waals surface area contributed by atoms with E-state index in [0.717, 1.165) is 47.3 Å². The van der Waals surface area contributed by atoms with Gasteiger partial charge in [0, 0.05) is 44.3 Å². The van der Waals surface area contributed by atoms with Gasteiger partial charge in [-0.05, 0) is 90.1 Å². The molecule has 10 nitrogen and oxygen atoms in total. The van der Waals surface area contributed by atoms with Crippen molar-refractivity contribution in [2.24, 2.45) is 0 Å². The monoisotopic (exact) mass is 808 g/mol. The Hall–Kier alpha value is -3.60. The van der Waals surface area contributed by atoms with Crippen LogP contribution in [0.4, 0.5) is 4.39 Å². The number of ether oxygens (including phenoxy) is 5. The van der Waals surface area contributed by atoms with Crippen molar-refractivity contribution < 1.29 is 32.5 Å². The lowest BCUT2D eigenvalue weighted by atomic mass is 10.0. The molecule has 2 aromatic carbocycles. The molecule has 0 aliphatic carbocycles. The minimum Gasteiger partial charge on any atom is -0.491 e. The summed E-state index contributed by atoms with van der Waals surface area (Å²) >= 11 is 6.54. The molecule has 1 aliphatic rings. The largest absolute Gasteiger partial charge is 0.491 e. The average molecular weight is 810 g/mol. The highest BCUT2D eigenvalue weighted by atomic mass is 35.5. The Balaban J connectivity index is 1.28. The van der Waals surface area contributed by atoms with Crippen LogP contribution in [-0.4, -0.2) is 68.6 Å². The maximum absolute atomic E-state index is 14.9. The second-order valence-corrected chi connectivity index (χ2v) is 27.7. The number of pyridine rings is 1. The lowest BCUT2D eigenvalue weighted by molar-refractivity contribution is -0.106. The van der Waals surface area contributed by atoms with Gasteiger partial charge in [-0.1, -0.05) is 46.5 Å². The summed E-state index contributed by atoms with van der Waals surface area (Å²) in [5.41, 5.74) is 3.68. The fourth-order valence-corrected chi connectivity index (χ4v) is 7.94. The van der Waals surface area contributed by atoms with Crippen LogP contribution in [0, 0.1) is 5.82 Å². The van der Waals surface area contributed by atoms with Crippen LogP contribution in [0.1, 0.15) is 45.6 Å². The Morgan fingerprint density at radius 1 is 0.945 bits per heavy atom. The molecule has 0 amide bonds. The molecule has 0 spiro atoms. The quantitative estimate of drug-likeness (QED) is 0.0548. The van der Waals surface area contributed by atoms with Gasteiger partial charge in [0.15, 0.2) is 20.3 Å². The van der Waals surface area contributed by atoms with Crippen LogP contribution >= 0.6 is 11.6 Å². The molecular formula is C41H54ClFN4O6Si2. The van der Waals surface area contributed by atoms with Gasteiger partial charge >= 0.3 is 0 Å². The molecule has 1 fully saturated rings. The highest BCUT2D eigenvalue weighted by Gasteiger charge is 2.37. The first-order chi connectivity index (χ1) is 26.0. The zero-order valence-corrected chi connectivity index (χ0v) is 36.1. The van der Waals surface area contributed by atoms with E-state index in [9.17, 15) is 4.39 Å². The van der Waals surface area contributed by atoms with E-state index in [2.05, 4.69) is 74.5 Å². The zero-order valence-electron chi connectivity index (χ0n) is 33.3. The van der Waals surface area contributed by atoms with Gasteiger partial charge in [0.1, 0.15) is 37.3 Å². The first kappa shape index (κ1) is 41.0. The standard InChI is InChI=1S/C41H54ClFN4O6Si2/c1-41(2,3)55(7,8)52-16-15-49-32-20-28(19-31(43)23-32)26-51-39-37-34(25-47(38(37)45-40(42)46-39)27-48-17-18-54(4,5)6)29-12-13-35-30(21-29)22-33(24-44-35)53-36-11-9-10-14-50-36/h12-13,19-25,36H,9-11,14-18,26-27H2,1-8H3. The summed E-state index contributed by atoms with van der Waals surface area (Å²) < 4.78 is 53.5. The van der Waals surface area contributed by atoms with Crippen molar-refractivity contribution in [1.82, 2.24) is 19.5 Å². The van der Waals surface area contributed by atoms with Gasteiger partial charge in [-0.15, -0.1) is 0 Å². The predicted molar refractivity (Wildman–Crippen MR) is 221 cm³/mol. The van der Waals surface area contributed by atoms with Gasteiger partial charge in [0.05, 0.1) is 30.3 Å². The maximum Gasteiger partial charge on any atom is 0.228 e. The molecule has 6 rings (SSSR count). The van der Waals surface area contributed by atoms with E-state index in [-0.39, 0.29) is 35.8 Å². The molecule has 0 N–H and O–H groups in total. The number of halogens is 2. The van der Waals surface area contributed by atoms with Crippen molar-refractivity contribution in [2.75, 3.05) is 26.4 Å². The Bertz CT molecular complexity index is 2100. The molecule has 1 unspecified atom stereocenters. The Kier molecular flexibility index (Phi) is 12.9. The minimum absolute atomic E-state index is 0.0138. The summed E-state index contributed by atoms with van der Waals surface area (Å²) in [5, 5.41) is 1.66. The van der Waals surface area contributed by atoms with Gasteiger partial charge in [-0.2, -0.15) is 9.97 Å². The van der Waals surface area contributed by atoms with E-state index >= 15 is 0 Å². The number of benzene rings is 2. The Morgan fingerprint density at radius 3 is 2.51 bits per heavy atom. The number of hydrogen-bond acceptors (Lipinski definition) is 9. The van der Waals surface area contributed by atoms with E-state index in [1.807, 2.05) is 29.0 Å². The van der Waals surface area contributed by atoms with Crippen LogP contribution in [0.3, 0.4) is 0 Å². The van der Waals surface area contributed by atoms with Crippen LogP contribution in [-0.2, 0) is 27.2 Å². The van der Waals surface area contributed by atoms with Crippen LogP contribution in [0.5, 0.6) is 17.4 Å². The molecule has 5 aromatic rings. The first-order valence-corrected chi connectivity index (χ1v) is 26.1. The Labute approximate surface area is 330 Å². The van der Waals surface area contributed by atoms with Crippen LogP contribution in [0.15, 0.2) is 54.9 Å². The lowest BCUT2D eigenvalue weighted by Gasteiger charge is -2.36. The molecule has 1 saturated heterocycles. The number of aromatic nitrogens is 4. The molecule has 0 saturated carbocycles. The minimum atomic E-state index is -1.93. The fraction of sp³-hybridized carbons (Fsp3) is 0.488. The first-order valence-electron chi connectivity index (χ1n) is 19.1. The lowest BCUT2D eigenvalue weighted by Crippen LogP contribution is -2.41. The summed E-state index contributed by atoms with van der Waals surface area (Å²) in [6, 6.07) is 13.6. The molecule has 55 heavy (non-hydrogen) atoms. The van der Waals surface area contributed by atoms with Gasteiger partial charge in [-0.25, -0.2) is 4.39 Å². The molecule has 4 heterocycles. The molecular weight excluding hydrogens is 755 g/mol. The fourth-order valence-electron chi connectivity index (χ4n) is 6.00. The smallest absolute Gasteiger partial charge is 0.228 e. The van der Waals surface area contributed by atoms with E-state index in [1.165, 1.54) is 12.1 Å². The predicted octanol–water partition coefficient (Wildman–Crippen LogP) is 10.6. The number of fused-ring (bicyclic) bond motifs is 2. The van der Waals surface area contributed by atoms with Gasteiger partial charge < -0.3 is 32.7 Å². The van der Waals surface area contributed by atoms with Crippen molar-refractivity contribution in [1.29, 1.82) is 0 Å². The van der Waals surface area contributed by atoms with Crippen molar-refractivity contribution in [3.05, 3.63) is 71.5 Å². The third kappa shape index (κ3) is 10.8. The summed E-state index contributed by atoms with van der Waals surface area (Å²) in [5.74, 6) is 0.882. The molecule has 296 valence electrons. The topological polar surface area (TPSA) is 99.0 Å². The maximum atomic E-state index is 14.9. The van der Waals surface area contributed by atoms with Crippen molar-refractivity contribution in [3.8, 4) is 28.5 Å². The van der Waals surface area contributed by atoms with E-state index < -0.39 is 22.2 Å². The van der Waals surface area contributed by atoms with Gasteiger partial charge in [0.2, 0.25) is 11.2 Å². The van der Waals surface area contributed by atoms with E-state index in [1.54, 1.807) is 12.3 Å². The summed E-state index contributed by atoms with van der Waals surface area (Å²) in [7, 11) is -3.23. The highest BCUT2D eigenvalue weighted by molar-refractivity contribution is 6.76. The molecule has 3 aromatic heterocycles.